The molecule has 0 spiro atoms. The number of rotatable bonds is 2. The van der Waals surface area contributed by atoms with E-state index in [0.29, 0.717) is 16.5 Å². The van der Waals surface area contributed by atoms with Crippen LogP contribution in [0.3, 0.4) is 0 Å². The fraction of sp³-hybridized carbons (Fsp3) is 0. The van der Waals surface area contributed by atoms with Gasteiger partial charge in [-0.3, -0.25) is 4.79 Å². The van der Waals surface area contributed by atoms with E-state index in [1.165, 1.54) is 6.20 Å². The van der Waals surface area contributed by atoms with E-state index in [1.54, 1.807) is 30.5 Å². The Morgan fingerprint density at radius 1 is 1.29 bits per heavy atom. The van der Waals surface area contributed by atoms with Gasteiger partial charge in [0.1, 0.15) is 10.8 Å². The van der Waals surface area contributed by atoms with Gasteiger partial charge in [0.15, 0.2) is 0 Å². The maximum atomic E-state index is 11.8. The monoisotopic (exact) mass is 311 g/mol. The standard InChI is InChI=1S/C11H7BrClN3O/c12-7-1-2-9(15-6-7)11(17)16-8-3-4-14-10(13)5-8/h1-6H,(H,14,16,17). The van der Waals surface area contributed by atoms with Crippen molar-refractivity contribution in [3.05, 3.63) is 52.0 Å². The molecule has 0 aliphatic rings. The molecular weight excluding hydrogens is 305 g/mol. The average Bonchev–Trinajstić information content (AvgIpc) is 2.29. The van der Waals surface area contributed by atoms with Crippen LogP contribution in [0, 0.1) is 0 Å². The molecule has 0 saturated carbocycles. The lowest BCUT2D eigenvalue weighted by Crippen LogP contribution is -2.13. The minimum atomic E-state index is -0.292. The second-order valence-electron chi connectivity index (χ2n) is 3.18. The second-order valence-corrected chi connectivity index (χ2v) is 4.49. The Hall–Kier alpha value is -1.46. The van der Waals surface area contributed by atoms with Crippen LogP contribution < -0.4 is 5.32 Å². The lowest BCUT2D eigenvalue weighted by Gasteiger charge is -2.04. The molecule has 2 rings (SSSR count). The predicted octanol–water partition coefficient (Wildman–Crippen LogP) is 3.14. The molecule has 0 aromatic carbocycles. The number of aromatic nitrogens is 2. The molecule has 0 atom stereocenters. The van der Waals surface area contributed by atoms with Gasteiger partial charge >= 0.3 is 0 Å². The average molecular weight is 313 g/mol. The molecule has 2 heterocycles. The Bertz CT molecular complexity index is 545. The Balaban J connectivity index is 2.14. The number of hydrogen-bond donors (Lipinski definition) is 1. The molecule has 17 heavy (non-hydrogen) atoms. The summed E-state index contributed by atoms with van der Waals surface area (Å²) >= 11 is 8.96. The van der Waals surface area contributed by atoms with Crippen LogP contribution in [-0.4, -0.2) is 15.9 Å². The summed E-state index contributed by atoms with van der Waals surface area (Å²) in [6.07, 6.45) is 3.08. The Morgan fingerprint density at radius 2 is 2.12 bits per heavy atom. The molecule has 6 heteroatoms. The van der Waals surface area contributed by atoms with E-state index >= 15 is 0 Å². The highest BCUT2D eigenvalue weighted by Gasteiger charge is 2.07. The molecule has 0 radical (unpaired) electrons. The van der Waals surface area contributed by atoms with Crippen LogP contribution in [0.15, 0.2) is 41.1 Å². The number of nitrogens with zero attached hydrogens (tertiary/aromatic N) is 2. The topological polar surface area (TPSA) is 54.9 Å². The molecule has 0 aliphatic heterocycles. The maximum Gasteiger partial charge on any atom is 0.274 e. The number of nitrogens with one attached hydrogen (secondary N) is 1. The van der Waals surface area contributed by atoms with Crippen LogP contribution >= 0.6 is 27.5 Å². The second kappa shape index (κ2) is 5.25. The van der Waals surface area contributed by atoms with Crippen molar-refractivity contribution in [3.8, 4) is 0 Å². The fourth-order valence-electron chi connectivity index (χ4n) is 1.19. The normalized spacial score (nSPS) is 10.0. The molecule has 2 aromatic heterocycles. The van der Waals surface area contributed by atoms with Crippen molar-refractivity contribution in [1.29, 1.82) is 0 Å². The van der Waals surface area contributed by atoms with Gasteiger partial charge in [-0.05, 0) is 40.2 Å². The molecule has 0 bridgehead atoms. The molecule has 86 valence electrons. The number of carbonyl (C=O) groups is 1. The van der Waals surface area contributed by atoms with E-state index < -0.39 is 0 Å². The maximum absolute atomic E-state index is 11.8. The number of hydrogen-bond acceptors (Lipinski definition) is 3. The van der Waals surface area contributed by atoms with Gasteiger partial charge in [0.25, 0.3) is 5.91 Å². The van der Waals surface area contributed by atoms with E-state index in [1.807, 2.05) is 0 Å². The molecule has 1 N–H and O–H groups in total. The van der Waals surface area contributed by atoms with E-state index in [9.17, 15) is 4.79 Å². The lowest BCUT2D eigenvalue weighted by molar-refractivity contribution is 0.102. The summed E-state index contributed by atoms with van der Waals surface area (Å²) < 4.78 is 0.820. The Labute approximate surface area is 111 Å². The first-order valence-corrected chi connectivity index (χ1v) is 5.87. The first-order chi connectivity index (χ1) is 8.15. The van der Waals surface area contributed by atoms with Crippen molar-refractivity contribution in [1.82, 2.24) is 9.97 Å². The van der Waals surface area contributed by atoms with Crippen molar-refractivity contribution in [3.63, 3.8) is 0 Å². The Kier molecular flexibility index (Phi) is 3.71. The van der Waals surface area contributed by atoms with Gasteiger partial charge in [-0.15, -0.1) is 0 Å². The SMILES string of the molecule is O=C(Nc1ccnc(Cl)c1)c1ccc(Br)cn1. The minimum absolute atomic E-state index is 0.292. The van der Waals surface area contributed by atoms with Gasteiger partial charge in [-0.25, -0.2) is 9.97 Å². The molecule has 0 saturated heterocycles. The van der Waals surface area contributed by atoms with Crippen LogP contribution in [0.1, 0.15) is 10.5 Å². The zero-order chi connectivity index (χ0) is 12.3. The summed E-state index contributed by atoms with van der Waals surface area (Å²) in [4.78, 5) is 19.6. The predicted molar refractivity (Wildman–Crippen MR) is 69.1 cm³/mol. The number of carbonyl (C=O) groups excluding carboxylic acids is 1. The van der Waals surface area contributed by atoms with Gasteiger partial charge in [0.05, 0.1) is 0 Å². The van der Waals surface area contributed by atoms with E-state index in [2.05, 4.69) is 31.2 Å². The van der Waals surface area contributed by atoms with Crippen molar-refractivity contribution in [2.75, 3.05) is 5.32 Å². The third-order valence-corrected chi connectivity index (χ3v) is 2.62. The third-order valence-electron chi connectivity index (χ3n) is 1.94. The third kappa shape index (κ3) is 3.25. The highest BCUT2D eigenvalue weighted by molar-refractivity contribution is 9.10. The first kappa shape index (κ1) is 12.0. The minimum Gasteiger partial charge on any atom is -0.320 e. The van der Waals surface area contributed by atoms with Crippen LogP contribution in [0.5, 0.6) is 0 Å². The lowest BCUT2D eigenvalue weighted by atomic mass is 10.3. The molecule has 0 aliphatic carbocycles. The van der Waals surface area contributed by atoms with Gasteiger partial charge < -0.3 is 5.32 Å². The fourth-order valence-corrected chi connectivity index (χ4v) is 1.59. The zero-order valence-corrected chi connectivity index (χ0v) is 10.9. The van der Waals surface area contributed by atoms with Crippen LogP contribution in [0.25, 0.3) is 0 Å². The van der Waals surface area contributed by atoms with Crippen LogP contribution in [-0.2, 0) is 0 Å². The van der Waals surface area contributed by atoms with Gasteiger partial charge in [-0.2, -0.15) is 0 Å². The van der Waals surface area contributed by atoms with E-state index in [-0.39, 0.29) is 5.91 Å². The molecular formula is C11H7BrClN3O. The number of pyridine rings is 2. The quantitative estimate of drug-likeness (QED) is 0.867. The summed E-state index contributed by atoms with van der Waals surface area (Å²) in [6.45, 7) is 0. The summed E-state index contributed by atoms with van der Waals surface area (Å²) in [5, 5.41) is 3.00. The number of halogens is 2. The van der Waals surface area contributed by atoms with Crippen LogP contribution in [0.4, 0.5) is 5.69 Å². The van der Waals surface area contributed by atoms with Crippen molar-refractivity contribution in [2.24, 2.45) is 0 Å². The summed E-state index contributed by atoms with van der Waals surface area (Å²) in [6, 6.07) is 6.60. The molecule has 0 fully saturated rings. The number of amides is 1. The molecule has 0 unspecified atom stereocenters. The highest BCUT2D eigenvalue weighted by Crippen LogP contribution is 2.13. The largest absolute Gasteiger partial charge is 0.320 e. The van der Waals surface area contributed by atoms with E-state index in [4.69, 9.17) is 11.6 Å². The zero-order valence-electron chi connectivity index (χ0n) is 8.52. The summed E-state index contributed by atoms with van der Waals surface area (Å²) in [5.74, 6) is -0.292. The van der Waals surface area contributed by atoms with Gasteiger partial charge in [0, 0.05) is 22.6 Å². The first-order valence-electron chi connectivity index (χ1n) is 4.69. The Morgan fingerprint density at radius 3 is 2.76 bits per heavy atom. The van der Waals surface area contributed by atoms with Crippen LogP contribution in [0.2, 0.25) is 5.15 Å². The summed E-state index contributed by atoms with van der Waals surface area (Å²) in [7, 11) is 0. The molecule has 1 amide bonds. The van der Waals surface area contributed by atoms with Crippen molar-refractivity contribution in [2.45, 2.75) is 0 Å². The highest BCUT2D eigenvalue weighted by atomic mass is 79.9. The van der Waals surface area contributed by atoms with Gasteiger partial charge in [0.2, 0.25) is 0 Å². The molecule has 2 aromatic rings. The van der Waals surface area contributed by atoms with Crippen molar-refractivity contribution < 1.29 is 4.79 Å². The smallest absolute Gasteiger partial charge is 0.274 e. The summed E-state index contributed by atoms with van der Waals surface area (Å²) in [5.41, 5.74) is 0.917. The molecule has 4 nitrogen and oxygen atoms in total. The van der Waals surface area contributed by atoms with Gasteiger partial charge in [-0.1, -0.05) is 11.6 Å². The van der Waals surface area contributed by atoms with E-state index in [0.717, 1.165) is 4.47 Å². The number of anilines is 1. The van der Waals surface area contributed by atoms with Crippen molar-refractivity contribution >= 4 is 39.1 Å².